The molecule has 4 rings (SSSR count). The highest BCUT2D eigenvalue weighted by Gasteiger charge is 2.31. The lowest BCUT2D eigenvalue weighted by Crippen LogP contribution is -2.44. The average Bonchev–Trinajstić information content (AvgIpc) is 3.29. The molecule has 2 amide bonds. The van der Waals surface area contributed by atoms with Crippen molar-refractivity contribution in [1.82, 2.24) is 19.3 Å². The number of hydrogen-bond donors (Lipinski definition) is 1. The second-order valence-electron chi connectivity index (χ2n) is 7.43. The van der Waals surface area contributed by atoms with Gasteiger partial charge in [0.1, 0.15) is 0 Å². The van der Waals surface area contributed by atoms with E-state index in [0.29, 0.717) is 19.4 Å². The van der Waals surface area contributed by atoms with Crippen LogP contribution >= 0.6 is 0 Å². The van der Waals surface area contributed by atoms with Gasteiger partial charge in [-0.05, 0) is 44.5 Å². The van der Waals surface area contributed by atoms with Crippen molar-refractivity contribution >= 4 is 23.2 Å². The van der Waals surface area contributed by atoms with E-state index in [4.69, 9.17) is 0 Å². The number of benzene rings is 1. The maximum Gasteiger partial charge on any atom is 0.229 e. The molecule has 1 aliphatic rings. The first-order valence-electron chi connectivity index (χ1n) is 9.63. The molecule has 29 heavy (non-hydrogen) atoms. The average molecular weight is 392 g/mol. The van der Waals surface area contributed by atoms with Crippen molar-refractivity contribution in [3.8, 4) is 5.69 Å². The van der Waals surface area contributed by atoms with Gasteiger partial charge in [-0.3, -0.25) is 14.3 Å². The summed E-state index contributed by atoms with van der Waals surface area (Å²) in [4.78, 5) is 31.0. The Kier molecular flexibility index (Phi) is 4.92. The molecule has 2 aromatic heterocycles. The highest BCUT2D eigenvalue weighted by atomic mass is 16.2. The number of anilines is 2. The Morgan fingerprint density at radius 1 is 1.17 bits per heavy atom. The summed E-state index contributed by atoms with van der Waals surface area (Å²) in [6.45, 7) is 4.36. The molecule has 1 N–H and O–H groups in total. The predicted molar refractivity (Wildman–Crippen MR) is 110 cm³/mol. The van der Waals surface area contributed by atoms with Gasteiger partial charge in [-0.1, -0.05) is 0 Å². The van der Waals surface area contributed by atoms with E-state index in [0.717, 1.165) is 28.5 Å². The van der Waals surface area contributed by atoms with Crippen LogP contribution in [0.25, 0.3) is 5.69 Å². The molecular weight excluding hydrogens is 368 g/mol. The number of carbonyl (C=O) groups is 2. The van der Waals surface area contributed by atoms with E-state index < -0.39 is 0 Å². The standard InChI is InChI=1S/C21H24N6O2/c1-14-15(2)27(13-22-14)18-7-5-17(6-8-18)24-21(29)16-4-9-20(28)26(11-16)19-10-23-25(3)12-19/h5-8,10,12-13,16H,4,9,11H2,1-3H3,(H,24,29). The highest BCUT2D eigenvalue weighted by Crippen LogP contribution is 2.25. The number of carbonyl (C=O) groups excluding carboxylic acids is 2. The maximum absolute atomic E-state index is 12.8. The molecule has 0 radical (unpaired) electrons. The maximum atomic E-state index is 12.8. The lowest BCUT2D eigenvalue weighted by atomic mass is 9.96. The minimum Gasteiger partial charge on any atom is -0.326 e. The topological polar surface area (TPSA) is 85.1 Å². The number of aromatic nitrogens is 4. The second-order valence-corrected chi connectivity index (χ2v) is 7.43. The largest absolute Gasteiger partial charge is 0.326 e. The Morgan fingerprint density at radius 3 is 2.55 bits per heavy atom. The van der Waals surface area contributed by atoms with Gasteiger partial charge < -0.3 is 14.8 Å². The van der Waals surface area contributed by atoms with Gasteiger partial charge in [0.25, 0.3) is 0 Å². The molecule has 1 saturated heterocycles. The predicted octanol–water partition coefficient (Wildman–Crippen LogP) is 2.60. The molecule has 1 aromatic carbocycles. The van der Waals surface area contributed by atoms with Crippen molar-refractivity contribution in [2.24, 2.45) is 13.0 Å². The Balaban J connectivity index is 1.43. The molecule has 1 fully saturated rings. The zero-order valence-corrected chi connectivity index (χ0v) is 16.8. The summed E-state index contributed by atoms with van der Waals surface area (Å²) in [7, 11) is 1.80. The fourth-order valence-corrected chi connectivity index (χ4v) is 3.57. The lowest BCUT2D eigenvalue weighted by Gasteiger charge is -2.30. The van der Waals surface area contributed by atoms with Crippen molar-refractivity contribution in [3.63, 3.8) is 0 Å². The quantitative estimate of drug-likeness (QED) is 0.740. The lowest BCUT2D eigenvalue weighted by molar-refractivity contribution is -0.124. The van der Waals surface area contributed by atoms with E-state index in [9.17, 15) is 9.59 Å². The van der Waals surface area contributed by atoms with Crippen LogP contribution in [0.1, 0.15) is 24.2 Å². The van der Waals surface area contributed by atoms with Crippen LogP contribution in [0.5, 0.6) is 0 Å². The molecule has 3 heterocycles. The molecule has 8 nitrogen and oxygen atoms in total. The van der Waals surface area contributed by atoms with Gasteiger partial charge in [-0.2, -0.15) is 5.10 Å². The van der Waals surface area contributed by atoms with Crippen LogP contribution < -0.4 is 10.2 Å². The van der Waals surface area contributed by atoms with E-state index in [2.05, 4.69) is 15.4 Å². The van der Waals surface area contributed by atoms with Crippen molar-refractivity contribution in [2.45, 2.75) is 26.7 Å². The van der Waals surface area contributed by atoms with Crippen LogP contribution in [-0.4, -0.2) is 37.7 Å². The summed E-state index contributed by atoms with van der Waals surface area (Å²) in [5.74, 6) is -0.308. The summed E-state index contributed by atoms with van der Waals surface area (Å²) in [5.41, 5.74) is 4.53. The minimum atomic E-state index is -0.258. The molecule has 0 saturated carbocycles. The van der Waals surface area contributed by atoms with Crippen LogP contribution in [0.4, 0.5) is 11.4 Å². The molecule has 0 bridgehead atoms. The highest BCUT2D eigenvalue weighted by molar-refractivity contribution is 5.99. The summed E-state index contributed by atoms with van der Waals surface area (Å²) in [6, 6.07) is 7.68. The van der Waals surface area contributed by atoms with Crippen LogP contribution in [0, 0.1) is 19.8 Å². The number of imidazole rings is 1. The zero-order valence-electron chi connectivity index (χ0n) is 16.8. The number of rotatable bonds is 4. The summed E-state index contributed by atoms with van der Waals surface area (Å²) >= 11 is 0. The van der Waals surface area contributed by atoms with E-state index >= 15 is 0 Å². The third kappa shape index (κ3) is 3.78. The molecule has 1 atom stereocenters. The van der Waals surface area contributed by atoms with Crippen molar-refractivity contribution in [3.05, 3.63) is 54.4 Å². The molecule has 3 aromatic rings. The summed E-state index contributed by atoms with van der Waals surface area (Å²) in [5, 5.41) is 7.10. The van der Waals surface area contributed by atoms with E-state index in [-0.39, 0.29) is 17.7 Å². The smallest absolute Gasteiger partial charge is 0.229 e. The monoisotopic (exact) mass is 392 g/mol. The fourth-order valence-electron chi connectivity index (χ4n) is 3.57. The van der Waals surface area contributed by atoms with Gasteiger partial charge in [-0.15, -0.1) is 0 Å². The third-order valence-corrected chi connectivity index (χ3v) is 5.45. The normalized spacial score (nSPS) is 16.9. The minimum absolute atomic E-state index is 0.0254. The Labute approximate surface area is 169 Å². The first-order valence-corrected chi connectivity index (χ1v) is 9.63. The van der Waals surface area contributed by atoms with Crippen LogP contribution in [0.2, 0.25) is 0 Å². The summed E-state index contributed by atoms with van der Waals surface area (Å²) < 4.78 is 3.66. The number of piperidine rings is 1. The van der Waals surface area contributed by atoms with Crippen LogP contribution in [-0.2, 0) is 16.6 Å². The Bertz CT molecular complexity index is 1050. The first kappa shape index (κ1) is 18.9. The van der Waals surface area contributed by atoms with Gasteiger partial charge in [0.05, 0.1) is 29.8 Å². The van der Waals surface area contributed by atoms with Crippen molar-refractivity contribution in [1.29, 1.82) is 0 Å². The van der Waals surface area contributed by atoms with Crippen molar-refractivity contribution in [2.75, 3.05) is 16.8 Å². The Hall–Kier alpha value is -3.42. The number of hydrogen-bond acceptors (Lipinski definition) is 4. The van der Waals surface area contributed by atoms with Gasteiger partial charge in [0.15, 0.2) is 0 Å². The van der Waals surface area contributed by atoms with Gasteiger partial charge in [0, 0.05) is 43.3 Å². The third-order valence-electron chi connectivity index (χ3n) is 5.45. The molecule has 1 aliphatic heterocycles. The van der Waals surface area contributed by atoms with Gasteiger partial charge >= 0.3 is 0 Å². The summed E-state index contributed by atoms with van der Waals surface area (Å²) in [6.07, 6.45) is 6.13. The molecule has 150 valence electrons. The second kappa shape index (κ2) is 7.54. The molecule has 1 unspecified atom stereocenters. The number of nitrogens with one attached hydrogen (secondary N) is 1. The number of nitrogens with zero attached hydrogens (tertiary/aromatic N) is 5. The number of amides is 2. The van der Waals surface area contributed by atoms with E-state index in [1.807, 2.05) is 42.7 Å². The first-order chi connectivity index (χ1) is 13.9. The molecule has 8 heteroatoms. The zero-order chi connectivity index (χ0) is 20.5. The van der Waals surface area contributed by atoms with Crippen LogP contribution in [0.3, 0.4) is 0 Å². The van der Waals surface area contributed by atoms with Gasteiger partial charge in [-0.25, -0.2) is 4.98 Å². The molecular formula is C21H24N6O2. The SMILES string of the molecule is Cc1ncn(-c2ccc(NC(=O)C3CCC(=O)N(c4cnn(C)c4)C3)cc2)c1C. The number of aryl methyl sites for hydroxylation is 2. The van der Waals surface area contributed by atoms with Crippen molar-refractivity contribution < 1.29 is 9.59 Å². The molecule has 0 aliphatic carbocycles. The van der Waals surface area contributed by atoms with E-state index in [1.54, 1.807) is 35.4 Å². The fraction of sp³-hybridized carbons (Fsp3) is 0.333. The van der Waals surface area contributed by atoms with Gasteiger partial charge in [0.2, 0.25) is 11.8 Å². The Morgan fingerprint density at radius 2 is 1.93 bits per heavy atom. The van der Waals surface area contributed by atoms with E-state index in [1.165, 1.54) is 0 Å². The van der Waals surface area contributed by atoms with Crippen LogP contribution in [0.15, 0.2) is 43.0 Å². The molecule has 0 spiro atoms.